The molecule has 8 heteroatoms. The van der Waals surface area contributed by atoms with E-state index in [9.17, 15) is 8.42 Å². The van der Waals surface area contributed by atoms with Gasteiger partial charge in [0.1, 0.15) is 5.82 Å². The van der Waals surface area contributed by atoms with Crippen molar-refractivity contribution in [1.29, 1.82) is 0 Å². The number of imidazole rings is 1. The van der Waals surface area contributed by atoms with E-state index in [4.69, 9.17) is 10.7 Å². The predicted octanol–water partition coefficient (Wildman–Crippen LogP) is 0.366. The summed E-state index contributed by atoms with van der Waals surface area (Å²) in [6.07, 6.45) is 1.51. The highest BCUT2D eigenvalue weighted by molar-refractivity contribution is 8.13. The molecule has 0 amide bonds. The van der Waals surface area contributed by atoms with Crippen LogP contribution in [0.25, 0.3) is 0 Å². The second-order valence-corrected chi connectivity index (χ2v) is 7.42. The molecule has 108 valence electrons. The Morgan fingerprint density at radius 2 is 1.89 bits per heavy atom. The van der Waals surface area contributed by atoms with Gasteiger partial charge in [-0.25, -0.2) is 13.4 Å². The quantitative estimate of drug-likeness (QED) is 0.752. The molecule has 19 heavy (non-hydrogen) atoms. The Balaban J connectivity index is 1.95. The van der Waals surface area contributed by atoms with E-state index in [0.717, 1.165) is 39.3 Å². The molecular formula is C11H19ClN4O2S. The van der Waals surface area contributed by atoms with Gasteiger partial charge in [0.05, 0.1) is 0 Å². The van der Waals surface area contributed by atoms with Crippen molar-refractivity contribution in [2.45, 2.75) is 18.5 Å². The van der Waals surface area contributed by atoms with Gasteiger partial charge in [-0.05, 0) is 14.0 Å². The van der Waals surface area contributed by atoms with Crippen molar-refractivity contribution in [3.8, 4) is 0 Å². The molecular weight excluding hydrogens is 288 g/mol. The van der Waals surface area contributed by atoms with E-state index < -0.39 is 9.05 Å². The highest BCUT2D eigenvalue weighted by Gasteiger charge is 2.17. The smallest absolute Gasteiger partial charge is 0.280 e. The van der Waals surface area contributed by atoms with Gasteiger partial charge in [0.25, 0.3) is 9.05 Å². The fraction of sp³-hybridized carbons (Fsp3) is 0.727. The lowest BCUT2D eigenvalue weighted by Gasteiger charge is -2.32. The maximum Gasteiger partial charge on any atom is 0.280 e. The molecule has 1 aliphatic rings. The van der Waals surface area contributed by atoms with E-state index in [0.29, 0.717) is 5.82 Å². The fourth-order valence-electron chi connectivity index (χ4n) is 2.14. The summed E-state index contributed by atoms with van der Waals surface area (Å²) in [7, 11) is 3.67. The zero-order valence-corrected chi connectivity index (χ0v) is 12.8. The Bertz CT molecular complexity index is 535. The molecule has 1 saturated heterocycles. The summed E-state index contributed by atoms with van der Waals surface area (Å²) in [4.78, 5) is 8.65. The van der Waals surface area contributed by atoms with Crippen LogP contribution in [-0.4, -0.2) is 67.5 Å². The molecule has 0 aromatic carbocycles. The third kappa shape index (κ3) is 3.92. The number of aryl methyl sites for hydroxylation is 1. The topological polar surface area (TPSA) is 58.4 Å². The van der Waals surface area contributed by atoms with E-state index in [1.54, 1.807) is 6.92 Å². The van der Waals surface area contributed by atoms with Gasteiger partial charge in [-0.2, -0.15) is 0 Å². The molecule has 6 nitrogen and oxygen atoms in total. The van der Waals surface area contributed by atoms with Crippen LogP contribution >= 0.6 is 10.7 Å². The molecule has 0 aliphatic carbocycles. The minimum atomic E-state index is -3.73. The Labute approximate surface area is 118 Å². The van der Waals surface area contributed by atoms with Crippen LogP contribution in [0.15, 0.2) is 11.2 Å². The lowest BCUT2D eigenvalue weighted by molar-refractivity contribution is 0.150. The van der Waals surface area contributed by atoms with Gasteiger partial charge < -0.3 is 9.47 Å². The van der Waals surface area contributed by atoms with Gasteiger partial charge in [-0.15, -0.1) is 0 Å². The molecule has 2 heterocycles. The summed E-state index contributed by atoms with van der Waals surface area (Å²) < 4.78 is 24.3. The van der Waals surface area contributed by atoms with Crippen molar-refractivity contribution in [2.24, 2.45) is 0 Å². The molecule has 1 aromatic heterocycles. The van der Waals surface area contributed by atoms with Gasteiger partial charge in [0.15, 0.2) is 5.03 Å². The predicted molar refractivity (Wildman–Crippen MR) is 73.9 cm³/mol. The van der Waals surface area contributed by atoms with Crippen LogP contribution in [-0.2, 0) is 15.6 Å². The number of aromatic nitrogens is 2. The van der Waals surface area contributed by atoms with Crippen LogP contribution in [0, 0.1) is 6.92 Å². The minimum Gasteiger partial charge on any atom is -0.332 e. The molecule has 0 saturated carbocycles. The average Bonchev–Trinajstić information content (AvgIpc) is 2.70. The van der Waals surface area contributed by atoms with Gasteiger partial charge >= 0.3 is 0 Å². The summed E-state index contributed by atoms with van der Waals surface area (Å²) in [6.45, 7) is 7.65. The van der Waals surface area contributed by atoms with Crippen LogP contribution in [0.2, 0.25) is 0 Å². The van der Waals surface area contributed by atoms with E-state index >= 15 is 0 Å². The van der Waals surface area contributed by atoms with Crippen LogP contribution in [0.1, 0.15) is 5.82 Å². The van der Waals surface area contributed by atoms with Gasteiger partial charge in [0, 0.05) is 56.1 Å². The summed E-state index contributed by atoms with van der Waals surface area (Å²) >= 11 is 0. The third-order valence-corrected chi connectivity index (χ3v) is 4.63. The zero-order valence-electron chi connectivity index (χ0n) is 11.2. The molecule has 1 aliphatic heterocycles. The normalized spacial score (nSPS) is 18.9. The van der Waals surface area contributed by atoms with Crippen molar-refractivity contribution in [3.05, 3.63) is 12.0 Å². The van der Waals surface area contributed by atoms with Crippen LogP contribution in [0.4, 0.5) is 0 Å². The van der Waals surface area contributed by atoms with Gasteiger partial charge in [-0.3, -0.25) is 4.90 Å². The number of halogens is 1. The summed E-state index contributed by atoms with van der Waals surface area (Å²) in [5.41, 5.74) is 0. The Morgan fingerprint density at radius 3 is 2.42 bits per heavy atom. The molecule has 0 unspecified atom stereocenters. The first-order valence-electron chi connectivity index (χ1n) is 6.25. The van der Waals surface area contributed by atoms with E-state index in [1.807, 2.05) is 4.57 Å². The highest BCUT2D eigenvalue weighted by atomic mass is 35.7. The Kier molecular flexibility index (Phi) is 4.50. The molecule has 0 N–H and O–H groups in total. The second-order valence-electron chi connectivity index (χ2n) is 4.90. The number of rotatable bonds is 4. The number of hydrogen-bond donors (Lipinski definition) is 0. The second kappa shape index (κ2) is 5.78. The molecule has 0 atom stereocenters. The fourth-order valence-corrected chi connectivity index (χ4v) is 2.86. The van der Waals surface area contributed by atoms with Crippen LogP contribution < -0.4 is 0 Å². The standard InChI is InChI=1S/C11H19ClN4O2S/c1-10-13-11(19(12,17)18)9-16(10)8-7-15-5-3-14(2)4-6-15/h9H,3-8H2,1-2H3. The summed E-state index contributed by atoms with van der Waals surface area (Å²) in [6, 6.07) is 0. The first-order chi connectivity index (χ1) is 8.86. The summed E-state index contributed by atoms with van der Waals surface area (Å²) in [5.74, 6) is 0.674. The molecule has 1 fully saturated rings. The Hall–Kier alpha value is -0.630. The zero-order chi connectivity index (χ0) is 14.0. The van der Waals surface area contributed by atoms with Crippen molar-refractivity contribution >= 4 is 19.7 Å². The number of likely N-dealkylation sites (N-methyl/N-ethyl adjacent to an activating group) is 1. The van der Waals surface area contributed by atoms with Gasteiger partial charge in [-0.1, -0.05) is 0 Å². The van der Waals surface area contributed by atoms with Crippen LogP contribution in [0.5, 0.6) is 0 Å². The maximum absolute atomic E-state index is 11.2. The van der Waals surface area contributed by atoms with Crippen molar-refractivity contribution in [3.63, 3.8) is 0 Å². The molecule has 0 spiro atoms. The lowest BCUT2D eigenvalue weighted by Crippen LogP contribution is -2.45. The molecule has 2 rings (SSSR count). The van der Waals surface area contributed by atoms with Crippen LogP contribution in [0.3, 0.4) is 0 Å². The average molecular weight is 307 g/mol. The number of hydrogen-bond acceptors (Lipinski definition) is 5. The van der Waals surface area contributed by atoms with Gasteiger partial charge in [0.2, 0.25) is 0 Å². The maximum atomic E-state index is 11.2. The molecule has 1 aromatic rings. The van der Waals surface area contributed by atoms with E-state index in [1.165, 1.54) is 6.20 Å². The first-order valence-corrected chi connectivity index (χ1v) is 8.56. The number of piperazine rings is 1. The van der Waals surface area contributed by atoms with Crippen molar-refractivity contribution in [1.82, 2.24) is 19.4 Å². The van der Waals surface area contributed by atoms with Crippen molar-refractivity contribution in [2.75, 3.05) is 39.8 Å². The lowest BCUT2D eigenvalue weighted by atomic mass is 10.3. The first kappa shape index (κ1) is 14.8. The van der Waals surface area contributed by atoms with E-state index in [2.05, 4.69) is 21.8 Å². The van der Waals surface area contributed by atoms with Crippen molar-refractivity contribution < 1.29 is 8.42 Å². The molecule has 0 bridgehead atoms. The monoisotopic (exact) mass is 306 g/mol. The largest absolute Gasteiger partial charge is 0.332 e. The minimum absolute atomic E-state index is 0.0648. The Morgan fingerprint density at radius 1 is 1.26 bits per heavy atom. The highest BCUT2D eigenvalue weighted by Crippen LogP contribution is 2.14. The third-order valence-electron chi connectivity index (χ3n) is 3.46. The molecule has 0 radical (unpaired) electrons. The summed E-state index contributed by atoms with van der Waals surface area (Å²) in [5, 5.41) is -0.0648. The van der Waals surface area contributed by atoms with E-state index in [-0.39, 0.29) is 5.03 Å². The SMILES string of the molecule is Cc1nc(S(=O)(=O)Cl)cn1CCN1CCN(C)CC1. The number of nitrogens with zero attached hydrogens (tertiary/aromatic N) is 4.